The minimum atomic E-state index is 0.198. The van der Waals surface area contributed by atoms with Crippen LogP contribution in [0.2, 0.25) is 0 Å². The molecule has 1 heterocycles. The Morgan fingerprint density at radius 1 is 1.38 bits per heavy atom. The highest BCUT2D eigenvalue weighted by atomic mass is 16.5. The zero-order valence-electron chi connectivity index (χ0n) is 10.6. The Hall–Kier alpha value is -0.980. The molecule has 0 aromatic heterocycles. The summed E-state index contributed by atoms with van der Waals surface area (Å²) in [4.78, 5) is 0. The van der Waals surface area contributed by atoms with Crippen molar-refractivity contribution in [1.82, 2.24) is 0 Å². The summed E-state index contributed by atoms with van der Waals surface area (Å²) in [5.74, 6) is 1.86. The monoisotopic (exact) mass is 218 g/mol. The van der Waals surface area contributed by atoms with Gasteiger partial charge in [0.05, 0.1) is 6.61 Å². The van der Waals surface area contributed by atoms with Crippen molar-refractivity contribution in [2.24, 2.45) is 11.3 Å². The zero-order valence-corrected chi connectivity index (χ0v) is 10.6. The van der Waals surface area contributed by atoms with Crippen LogP contribution in [0.5, 0.6) is 0 Å². The molecule has 0 amide bonds. The summed E-state index contributed by atoms with van der Waals surface area (Å²) in [5.41, 5.74) is 1.56. The minimum Gasteiger partial charge on any atom is -0.493 e. The SMILES string of the molecule is CCC(C)CC1(C)C=CC2=C(C=C1)OCC2. The van der Waals surface area contributed by atoms with Gasteiger partial charge in [0.15, 0.2) is 0 Å². The fourth-order valence-electron chi connectivity index (χ4n) is 2.45. The van der Waals surface area contributed by atoms with Crippen LogP contribution in [0.4, 0.5) is 0 Å². The summed E-state index contributed by atoms with van der Waals surface area (Å²) in [5, 5.41) is 0. The van der Waals surface area contributed by atoms with Crippen LogP contribution in [0.1, 0.15) is 40.0 Å². The molecule has 1 heteroatoms. The molecule has 0 saturated carbocycles. The second-order valence-corrected chi connectivity index (χ2v) is 5.38. The number of rotatable bonds is 3. The molecule has 0 spiro atoms. The molecule has 1 aliphatic carbocycles. The Labute approximate surface area is 98.9 Å². The van der Waals surface area contributed by atoms with Gasteiger partial charge in [-0.2, -0.15) is 0 Å². The van der Waals surface area contributed by atoms with E-state index in [0.717, 1.165) is 24.7 Å². The van der Waals surface area contributed by atoms with Crippen LogP contribution in [-0.4, -0.2) is 6.61 Å². The van der Waals surface area contributed by atoms with Crippen molar-refractivity contribution in [2.75, 3.05) is 6.61 Å². The van der Waals surface area contributed by atoms with Crippen LogP contribution in [-0.2, 0) is 4.74 Å². The lowest BCUT2D eigenvalue weighted by Gasteiger charge is -2.25. The molecule has 2 rings (SSSR count). The normalized spacial score (nSPS) is 29.9. The number of hydrogen-bond donors (Lipinski definition) is 0. The largest absolute Gasteiger partial charge is 0.493 e. The van der Waals surface area contributed by atoms with E-state index in [-0.39, 0.29) is 5.41 Å². The first kappa shape index (κ1) is 11.5. The Balaban J connectivity index is 2.13. The van der Waals surface area contributed by atoms with E-state index in [1.807, 2.05) is 0 Å². The van der Waals surface area contributed by atoms with Gasteiger partial charge >= 0.3 is 0 Å². The highest BCUT2D eigenvalue weighted by Crippen LogP contribution is 2.35. The fourth-order valence-corrected chi connectivity index (χ4v) is 2.45. The Kier molecular flexibility index (Phi) is 3.22. The smallest absolute Gasteiger partial charge is 0.122 e. The van der Waals surface area contributed by atoms with Crippen LogP contribution in [0.25, 0.3) is 0 Å². The summed E-state index contributed by atoms with van der Waals surface area (Å²) in [6.45, 7) is 7.75. The Bertz CT molecular complexity index is 322. The molecule has 0 bridgehead atoms. The second kappa shape index (κ2) is 4.48. The zero-order chi connectivity index (χ0) is 11.6. The molecule has 1 nitrogen and oxygen atoms in total. The van der Waals surface area contributed by atoms with Crippen molar-refractivity contribution in [3.05, 3.63) is 35.6 Å². The van der Waals surface area contributed by atoms with E-state index >= 15 is 0 Å². The van der Waals surface area contributed by atoms with Crippen LogP contribution >= 0.6 is 0 Å². The molecular weight excluding hydrogens is 196 g/mol. The van der Waals surface area contributed by atoms with Gasteiger partial charge in [0.25, 0.3) is 0 Å². The molecule has 2 unspecified atom stereocenters. The lowest BCUT2D eigenvalue weighted by Crippen LogP contribution is -2.14. The lowest BCUT2D eigenvalue weighted by atomic mass is 9.80. The van der Waals surface area contributed by atoms with E-state index in [0.29, 0.717) is 0 Å². The summed E-state index contributed by atoms with van der Waals surface area (Å²) in [6, 6.07) is 0. The summed E-state index contributed by atoms with van der Waals surface area (Å²) in [7, 11) is 0. The number of ether oxygens (including phenoxy) is 1. The topological polar surface area (TPSA) is 9.23 Å². The molecule has 0 fully saturated rings. The van der Waals surface area contributed by atoms with E-state index in [9.17, 15) is 0 Å². The average molecular weight is 218 g/mol. The van der Waals surface area contributed by atoms with Crippen LogP contribution in [0, 0.1) is 11.3 Å². The molecule has 0 aromatic rings. The van der Waals surface area contributed by atoms with Crippen molar-refractivity contribution < 1.29 is 4.74 Å². The van der Waals surface area contributed by atoms with E-state index in [2.05, 4.69) is 45.1 Å². The van der Waals surface area contributed by atoms with Gasteiger partial charge in [0.2, 0.25) is 0 Å². The highest BCUT2D eigenvalue weighted by molar-refractivity contribution is 5.37. The quantitative estimate of drug-likeness (QED) is 0.689. The predicted molar refractivity (Wildman–Crippen MR) is 68.1 cm³/mol. The van der Waals surface area contributed by atoms with Crippen molar-refractivity contribution in [1.29, 1.82) is 0 Å². The van der Waals surface area contributed by atoms with Crippen molar-refractivity contribution >= 4 is 0 Å². The standard InChI is InChI=1S/C15H22O/c1-4-12(2)11-15(3)8-5-13-7-10-16-14(13)6-9-15/h5-6,8-9,12H,4,7,10-11H2,1-3H3. The first-order valence-corrected chi connectivity index (χ1v) is 6.37. The summed E-state index contributed by atoms with van der Waals surface area (Å²) < 4.78 is 5.60. The van der Waals surface area contributed by atoms with Crippen LogP contribution in [0.15, 0.2) is 35.6 Å². The van der Waals surface area contributed by atoms with Crippen molar-refractivity contribution in [2.45, 2.75) is 40.0 Å². The number of allylic oxidation sites excluding steroid dienone is 4. The molecular formula is C15H22O. The molecule has 16 heavy (non-hydrogen) atoms. The minimum absolute atomic E-state index is 0.198. The van der Waals surface area contributed by atoms with Gasteiger partial charge in [0.1, 0.15) is 5.76 Å². The van der Waals surface area contributed by atoms with Gasteiger partial charge in [0, 0.05) is 11.8 Å². The third-order valence-corrected chi connectivity index (χ3v) is 3.71. The molecule has 2 atom stereocenters. The maximum absolute atomic E-state index is 5.60. The Morgan fingerprint density at radius 2 is 2.12 bits per heavy atom. The maximum Gasteiger partial charge on any atom is 0.122 e. The van der Waals surface area contributed by atoms with Gasteiger partial charge in [-0.05, 0) is 24.0 Å². The third-order valence-electron chi connectivity index (χ3n) is 3.71. The molecule has 0 radical (unpaired) electrons. The first-order chi connectivity index (χ1) is 7.63. The van der Waals surface area contributed by atoms with Gasteiger partial charge in [-0.25, -0.2) is 0 Å². The summed E-state index contributed by atoms with van der Waals surface area (Å²) >= 11 is 0. The molecule has 88 valence electrons. The predicted octanol–water partition coefficient (Wildman–Crippen LogP) is 4.23. The fraction of sp³-hybridized carbons (Fsp3) is 0.600. The van der Waals surface area contributed by atoms with Crippen molar-refractivity contribution in [3.8, 4) is 0 Å². The van der Waals surface area contributed by atoms with E-state index in [1.54, 1.807) is 0 Å². The van der Waals surface area contributed by atoms with E-state index < -0.39 is 0 Å². The highest BCUT2D eigenvalue weighted by Gasteiger charge is 2.24. The lowest BCUT2D eigenvalue weighted by molar-refractivity contribution is 0.256. The molecule has 0 N–H and O–H groups in total. The van der Waals surface area contributed by atoms with E-state index in [4.69, 9.17) is 4.74 Å². The van der Waals surface area contributed by atoms with Crippen LogP contribution < -0.4 is 0 Å². The third kappa shape index (κ3) is 2.40. The van der Waals surface area contributed by atoms with Crippen LogP contribution in [0.3, 0.4) is 0 Å². The average Bonchev–Trinajstić information content (AvgIpc) is 2.66. The van der Waals surface area contributed by atoms with Gasteiger partial charge in [-0.15, -0.1) is 0 Å². The van der Waals surface area contributed by atoms with Gasteiger partial charge < -0.3 is 4.74 Å². The maximum atomic E-state index is 5.60. The Morgan fingerprint density at radius 3 is 2.88 bits per heavy atom. The molecule has 0 aromatic carbocycles. The summed E-state index contributed by atoms with van der Waals surface area (Å²) in [6.07, 6.45) is 12.6. The first-order valence-electron chi connectivity index (χ1n) is 6.37. The second-order valence-electron chi connectivity index (χ2n) is 5.38. The van der Waals surface area contributed by atoms with E-state index in [1.165, 1.54) is 18.4 Å². The van der Waals surface area contributed by atoms with Gasteiger partial charge in [-0.1, -0.05) is 45.4 Å². The van der Waals surface area contributed by atoms with Crippen molar-refractivity contribution in [3.63, 3.8) is 0 Å². The molecule has 1 aliphatic heterocycles. The number of hydrogen-bond acceptors (Lipinski definition) is 1. The molecule has 2 aliphatic rings. The van der Waals surface area contributed by atoms with Gasteiger partial charge in [-0.3, -0.25) is 0 Å². The molecule has 0 saturated heterocycles.